The Morgan fingerprint density at radius 2 is 1.87 bits per heavy atom. The van der Waals surface area contributed by atoms with Gasteiger partial charge in [0.05, 0.1) is 5.69 Å². The van der Waals surface area contributed by atoms with Crippen molar-refractivity contribution in [2.24, 2.45) is 7.05 Å². The zero-order valence-electron chi connectivity index (χ0n) is 18.0. The van der Waals surface area contributed by atoms with Crippen LogP contribution in [0.4, 0.5) is 0 Å². The van der Waals surface area contributed by atoms with Crippen LogP contribution < -0.4 is 5.56 Å². The van der Waals surface area contributed by atoms with Crippen LogP contribution in [0.3, 0.4) is 0 Å². The van der Waals surface area contributed by atoms with Gasteiger partial charge in [-0.15, -0.1) is 0 Å². The van der Waals surface area contributed by atoms with Gasteiger partial charge in [-0.3, -0.25) is 14.3 Å². The first-order valence-electron chi connectivity index (χ1n) is 11.2. The number of benzene rings is 1. The predicted octanol–water partition coefficient (Wildman–Crippen LogP) is 2.90. The molecule has 0 fully saturated rings. The highest BCUT2D eigenvalue weighted by Gasteiger charge is 2.29. The monoisotopic (exact) mass is 416 g/mol. The fourth-order valence-corrected chi connectivity index (χ4v) is 4.92. The van der Waals surface area contributed by atoms with Crippen molar-refractivity contribution in [3.8, 4) is 0 Å². The third kappa shape index (κ3) is 3.82. The predicted molar refractivity (Wildman–Crippen MR) is 119 cm³/mol. The van der Waals surface area contributed by atoms with Gasteiger partial charge in [-0.2, -0.15) is 5.10 Å². The Balaban J connectivity index is 1.37. The molecule has 1 aromatic carbocycles. The summed E-state index contributed by atoms with van der Waals surface area (Å²) in [6.07, 6.45) is 7.66. The molecule has 160 valence electrons. The minimum absolute atomic E-state index is 0.0372. The summed E-state index contributed by atoms with van der Waals surface area (Å²) in [5.74, 6) is 0.0610. The molecule has 6 nitrogen and oxygen atoms in total. The van der Waals surface area contributed by atoms with E-state index in [0.29, 0.717) is 19.6 Å². The summed E-state index contributed by atoms with van der Waals surface area (Å²) < 4.78 is 3.56. The molecule has 0 saturated carbocycles. The summed E-state index contributed by atoms with van der Waals surface area (Å²) in [6, 6.07) is 12.0. The lowest BCUT2D eigenvalue weighted by Crippen LogP contribution is -2.38. The van der Waals surface area contributed by atoms with E-state index in [1.54, 1.807) is 15.3 Å². The molecule has 2 aliphatic rings. The van der Waals surface area contributed by atoms with Crippen LogP contribution in [0.25, 0.3) is 0 Å². The first-order valence-corrected chi connectivity index (χ1v) is 11.2. The van der Waals surface area contributed by atoms with Gasteiger partial charge in [0.1, 0.15) is 5.69 Å². The van der Waals surface area contributed by atoms with Crippen molar-refractivity contribution in [3.05, 3.63) is 86.6 Å². The first kappa shape index (κ1) is 19.8. The van der Waals surface area contributed by atoms with Crippen LogP contribution in [0.5, 0.6) is 0 Å². The van der Waals surface area contributed by atoms with Crippen molar-refractivity contribution in [2.75, 3.05) is 6.54 Å². The van der Waals surface area contributed by atoms with E-state index >= 15 is 0 Å². The quantitative estimate of drug-likeness (QED) is 0.657. The average molecular weight is 417 g/mol. The topological polar surface area (TPSA) is 60.1 Å². The molecule has 0 bridgehead atoms. The number of aromatic nitrogens is 3. The normalized spacial score (nSPS) is 15.5. The summed E-state index contributed by atoms with van der Waals surface area (Å²) in [5, 5.41) is 4.61. The van der Waals surface area contributed by atoms with E-state index in [1.165, 1.54) is 5.56 Å². The molecule has 5 rings (SSSR count). The van der Waals surface area contributed by atoms with E-state index in [-0.39, 0.29) is 11.5 Å². The zero-order chi connectivity index (χ0) is 21.4. The summed E-state index contributed by atoms with van der Waals surface area (Å²) in [7, 11) is 1.88. The largest absolute Gasteiger partial charge is 0.333 e. The van der Waals surface area contributed by atoms with Crippen LogP contribution in [0.15, 0.2) is 47.4 Å². The third-order valence-electron chi connectivity index (χ3n) is 6.61. The van der Waals surface area contributed by atoms with Gasteiger partial charge in [-0.25, -0.2) is 0 Å². The molecule has 0 unspecified atom stereocenters. The Morgan fingerprint density at radius 3 is 2.71 bits per heavy atom. The lowest BCUT2D eigenvalue weighted by molar-refractivity contribution is 0.0721. The van der Waals surface area contributed by atoms with Gasteiger partial charge in [0.15, 0.2) is 0 Å². The summed E-state index contributed by atoms with van der Waals surface area (Å²) in [4.78, 5) is 27.9. The zero-order valence-corrected chi connectivity index (χ0v) is 18.0. The number of nitrogens with zero attached hydrogens (tertiary/aromatic N) is 4. The molecule has 0 radical (unpaired) electrons. The smallest absolute Gasteiger partial charge is 0.272 e. The fraction of sp³-hybridized carbons (Fsp3) is 0.400. The van der Waals surface area contributed by atoms with Crippen LogP contribution >= 0.6 is 0 Å². The van der Waals surface area contributed by atoms with Gasteiger partial charge in [0, 0.05) is 44.5 Å². The molecular formula is C25H28N4O2. The van der Waals surface area contributed by atoms with Crippen molar-refractivity contribution >= 4 is 5.91 Å². The maximum Gasteiger partial charge on any atom is 0.272 e. The summed E-state index contributed by atoms with van der Waals surface area (Å²) >= 11 is 0. The fourth-order valence-electron chi connectivity index (χ4n) is 4.92. The standard InChI is InChI=1S/C25H28N4O2/c1-27-24(21-9-5-6-10-22(21)26-27)25(31)29-14-12-19-15-23(30)28(16-20(19)17-29)13-11-18-7-3-2-4-8-18/h2-4,7-8,15-16H,5-6,9-14,17H2,1H3. The van der Waals surface area contributed by atoms with Crippen molar-refractivity contribution in [1.82, 2.24) is 19.2 Å². The lowest BCUT2D eigenvalue weighted by Gasteiger charge is -2.29. The van der Waals surface area contributed by atoms with Gasteiger partial charge in [-0.05, 0) is 55.2 Å². The van der Waals surface area contributed by atoms with E-state index in [2.05, 4.69) is 17.2 Å². The van der Waals surface area contributed by atoms with Crippen molar-refractivity contribution in [2.45, 2.75) is 51.6 Å². The van der Waals surface area contributed by atoms with Crippen LogP contribution in [-0.4, -0.2) is 31.7 Å². The molecule has 3 heterocycles. The number of carbonyl (C=O) groups excluding carboxylic acids is 1. The molecule has 0 spiro atoms. The maximum atomic E-state index is 13.4. The SMILES string of the molecule is Cn1nc2c(c1C(=O)N1CCc3cc(=O)n(CCc4ccccc4)cc3C1)CCCC2. The van der Waals surface area contributed by atoms with E-state index in [1.807, 2.05) is 36.3 Å². The molecule has 0 saturated heterocycles. The molecule has 1 aliphatic carbocycles. The minimum Gasteiger partial charge on any atom is -0.333 e. The van der Waals surface area contributed by atoms with Crippen molar-refractivity contribution < 1.29 is 4.79 Å². The van der Waals surface area contributed by atoms with E-state index in [0.717, 1.165) is 66.6 Å². The molecule has 0 N–H and O–H groups in total. The van der Waals surface area contributed by atoms with Gasteiger partial charge in [0.2, 0.25) is 0 Å². The number of hydrogen-bond donors (Lipinski definition) is 0. The molecule has 6 heteroatoms. The second-order valence-electron chi connectivity index (χ2n) is 8.67. The van der Waals surface area contributed by atoms with Crippen molar-refractivity contribution in [1.29, 1.82) is 0 Å². The maximum absolute atomic E-state index is 13.4. The molecular weight excluding hydrogens is 388 g/mol. The van der Waals surface area contributed by atoms with Crippen LogP contribution in [0.1, 0.15) is 51.3 Å². The van der Waals surface area contributed by atoms with Gasteiger partial charge >= 0.3 is 0 Å². The molecule has 2 aromatic heterocycles. The number of hydrogen-bond acceptors (Lipinski definition) is 3. The Bertz CT molecular complexity index is 1180. The molecule has 0 atom stereocenters. The van der Waals surface area contributed by atoms with E-state index in [9.17, 15) is 9.59 Å². The Kier molecular flexibility index (Phi) is 5.22. The number of rotatable bonds is 4. The first-order chi connectivity index (χ1) is 15.1. The highest BCUT2D eigenvalue weighted by Crippen LogP contribution is 2.26. The molecule has 31 heavy (non-hydrogen) atoms. The number of carbonyl (C=O) groups is 1. The molecule has 1 aliphatic heterocycles. The second-order valence-corrected chi connectivity index (χ2v) is 8.67. The minimum atomic E-state index is 0.0372. The second kappa shape index (κ2) is 8.17. The Labute approximate surface area is 182 Å². The number of aryl methyl sites for hydroxylation is 4. The van der Waals surface area contributed by atoms with E-state index < -0.39 is 0 Å². The van der Waals surface area contributed by atoms with Crippen LogP contribution in [-0.2, 0) is 45.8 Å². The molecule has 3 aromatic rings. The van der Waals surface area contributed by atoms with Crippen LogP contribution in [0, 0.1) is 0 Å². The molecule has 1 amide bonds. The van der Waals surface area contributed by atoms with Gasteiger partial charge in [-0.1, -0.05) is 30.3 Å². The van der Waals surface area contributed by atoms with Crippen molar-refractivity contribution in [3.63, 3.8) is 0 Å². The van der Waals surface area contributed by atoms with Gasteiger partial charge in [0.25, 0.3) is 11.5 Å². The average Bonchev–Trinajstić information content (AvgIpc) is 3.13. The Morgan fingerprint density at radius 1 is 1.06 bits per heavy atom. The lowest BCUT2D eigenvalue weighted by atomic mass is 9.95. The van der Waals surface area contributed by atoms with E-state index in [4.69, 9.17) is 0 Å². The number of pyridine rings is 1. The third-order valence-corrected chi connectivity index (χ3v) is 6.61. The number of fused-ring (bicyclic) bond motifs is 2. The number of amides is 1. The Hall–Kier alpha value is -3.15. The summed E-state index contributed by atoms with van der Waals surface area (Å²) in [6.45, 7) is 1.82. The highest BCUT2D eigenvalue weighted by atomic mass is 16.2. The van der Waals surface area contributed by atoms with Gasteiger partial charge < -0.3 is 9.47 Å². The highest BCUT2D eigenvalue weighted by molar-refractivity contribution is 5.94. The summed E-state index contributed by atoms with van der Waals surface area (Å²) in [5.41, 5.74) is 6.36. The van der Waals surface area contributed by atoms with Crippen LogP contribution in [0.2, 0.25) is 0 Å².